The molecular weight excluding hydrogens is 446 g/mol. The van der Waals surface area contributed by atoms with Gasteiger partial charge in [-0.2, -0.15) is 5.26 Å². The molecule has 3 nitrogen and oxygen atoms in total. The van der Waals surface area contributed by atoms with E-state index in [9.17, 15) is 5.26 Å². The summed E-state index contributed by atoms with van der Waals surface area (Å²) in [4.78, 5) is 0. The van der Waals surface area contributed by atoms with E-state index < -0.39 is 0 Å². The minimum absolute atomic E-state index is 0.149. The maximum absolute atomic E-state index is 9.50. The molecule has 0 N–H and O–H groups in total. The highest BCUT2D eigenvalue weighted by molar-refractivity contribution is 9.10. The van der Waals surface area contributed by atoms with Crippen molar-refractivity contribution in [1.29, 1.82) is 5.26 Å². The van der Waals surface area contributed by atoms with Gasteiger partial charge in [0.1, 0.15) is 6.61 Å². The molecule has 25 heavy (non-hydrogen) atoms. The molecular formula is C20H15Br2NO2. The minimum Gasteiger partial charge on any atom is -0.490 e. The number of halogens is 2. The highest BCUT2D eigenvalue weighted by atomic mass is 79.9. The minimum atomic E-state index is 0.149. The summed E-state index contributed by atoms with van der Waals surface area (Å²) in [5.41, 5.74) is 2.22. The summed E-state index contributed by atoms with van der Waals surface area (Å²) < 4.78 is 12.9. The molecule has 2 rings (SSSR count). The standard InChI is InChI=1S/C20H15Br2NO2/c1-3-9-25-20-18(22)11-14(12-19(20)24-4-2)10-16(13-23)15-5-7-17(21)8-6-15/h1,5-8,10-12H,4,9H2,2H3/b16-10+. The van der Waals surface area contributed by atoms with E-state index in [0.29, 0.717) is 28.2 Å². The highest BCUT2D eigenvalue weighted by Gasteiger charge is 2.12. The van der Waals surface area contributed by atoms with Gasteiger partial charge in [0.05, 0.1) is 22.7 Å². The van der Waals surface area contributed by atoms with Gasteiger partial charge in [0.15, 0.2) is 11.5 Å². The van der Waals surface area contributed by atoms with Crippen LogP contribution < -0.4 is 9.47 Å². The van der Waals surface area contributed by atoms with Gasteiger partial charge in [-0.25, -0.2) is 0 Å². The molecule has 0 aromatic heterocycles. The molecule has 2 aromatic rings. The Labute approximate surface area is 164 Å². The molecule has 5 heteroatoms. The Bertz CT molecular complexity index is 859. The fourth-order valence-corrected chi connectivity index (χ4v) is 3.00. The van der Waals surface area contributed by atoms with E-state index in [4.69, 9.17) is 15.9 Å². The number of ether oxygens (including phenoxy) is 2. The van der Waals surface area contributed by atoms with Crippen LogP contribution in [-0.2, 0) is 0 Å². The first-order valence-electron chi connectivity index (χ1n) is 7.49. The number of nitrogens with zero attached hydrogens (tertiary/aromatic N) is 1. The molecule has 0 saturated carbocycles. The van der Waals surface area contributed by atoms with Crippen LogP contribution in [0.2, 0.25) is 0 Å². The largest absolute Gasteiger partial charge is 0.490 e. The second-order valence-corrected chi connectivity index (χ2v) is 6.70. The van der Waals surface area contributed by atoms with Crippen LogP contribution >= 0.6 is 31.9 Å². The van der Waals surface area contributed by atoms with E-state index in [1.807, 2.05) is 49.4 Å². The predicted molar refractivity (Wildman–Crippen MR) is 107 cm³/mol. The third kappa shape index (κ3) is 5.13. The zero-order valence-corrected chi connectivity index (χ0v) is 16.7. The zero-order valence-electron chi connectivity index (χ0n) is 13.6. The van der Waals surface area contributed by atoms with Crippen molar-refractivity contribution >= 4 is 43.5 Å². The quantitative estimate of drug-likeness (QED) is 0.316. The normalized spacial score (nSPS) is 10.7. The summed E-state index contributed by atoms with van der Waals surface area (Å²) in [6, 6.07) is 13.5. The van der Waals surface area contributed by atoms with Crippen molar-refractivity contribution in [2.24, 2.45) is 0 Å². The SMILES string of the molecule is C#CCOc1c(Br)cc(/C=C(\C#N)c2ccc(Br)cc2)cc1OCC. The molecule has 0 unspecified atom stereocenters. The third-order valence-electron chi connectivity index (χ3n) is 3.22. The van der Waals surface area contributed by atoms with Crippen molar-refractivity contribution in [2.75, 3.05) is 13.2 Å². The maximum atomic E-state index is 9.50. The molecule has 0 heterocycles. The second-order valence-electron chi connectivity index (χ2n) is 4.93. The summed E-state index contributed by atoms with van der Waals surface area (Å²) in [7, 11) is 0. The smallest absolute Gasteiger partial charge is 0.176 e. The zero-order chi connectivity index (χ0) is 18.2. The van der Waals surface area contributed by atoms with Crippen molar-refractivity contribution in [3.63, 3.8) is 0 Å². The summed E-state index contributed by atoms with van der Waals surface area (Å²) in [6.07, 6.45) is 7.07. The average molecular weight is 461 g/mol. The molecule has 0 atom stereocenters. The molecule has 0 spiro atoms. The van der Waals surface area contributed by atoms with Crippen LogP contribution in [0.3, 0.4) is 0 Å². The van der Waals surface area contributed by atoms with E-state index in [2.05, 4.69) is 43.8 Å². The summed E-state index contributed by atoms with van der Waals surface area (Å²) in [5.74, 6) is 3.57. The Balaban J connectivity index is 2.45. The van der Waals surface area contributed by atoms with Gasteiger partial charge in [-0.3, -0.25) is 0 Å². The lowest BCUT2D eigenvalue weighted by atomic mass is 10.0. The van der Waals surface area contributed by atoms with E-state index in [1.54, 1.807) is 0 Å². The lowest BCUT2D eigenvalue weighted by Crippen LogP contribution is -2.00. The van der Waals surface area contributed by atoms with E-state index in [0.717, 1.165) is 15.6 Å². The molecule has 0 fully saturated rings. The highest BCUT2D eigenvalue weighted by Crippen LogP contribution is 2.38. The van der Waals surface area contributed by atoms with E-state index in [-0.39, 0.29) is 6.61 Å². The topological polar surface area (TPSA) is 42.2 Å². The number of hydrogen-bond acceptors (Lipinski definition) is 3. The number of benzene rings is 2. The summed E-state index contributed by atoms with van der Waals surface area (Å²) in [6.45, 7) is 2.53. The van der Waals surface area contributed by atoms with Crippen molar-refractivity contribution in [2.45, 2.75) is 6.92 Å². The molecule has 0 bridgehead atoms. The molecule has 0 radical (unpaired) electrons. The van der Waals surface area contributed by atoms with Crippen molar-refractivity contribution in [3.05, 3.63) is 56.5 Å². The van der Waals surface area contributed by atoms with Gasteiger partial charge < -0.3 is 9.47 Å². The van der Waals surface area contributed by atoms with Crippen molar-refractivity contribution in [3.8, 4) is 29.9 Å². The molecule has 0 aliphatic carbocycles. The van der Waals surface area contributed by atoms with Crippen molar-refractivity contribution in [1.82, 2.24) is 0 Å². The molecule has 0 saturated heterocycles. The van der Waals surface area contributed by atoms with Crippen LogP contribution in [0.4, 0.5) is 0 Å². The fraction of sp³-hybridized carbons (Fsp3) is 0.150. The molecule has 0 aliphatic rings. The maximum Gasteiger partial charge on any atom is 0.176 e. The number of nitriles is 1. The fourth-order valence-electron chi connectivity index (χ4n) is 2.16. The first-order valence-corrected chi connectivity index (χ1v) is 9.08. The monoisotopic (exact) mass is 459 g/mol. The Morgan fingerprint density at radius 1 is 1.20 bits per heavy atom. The second kappa shape index (κ2) is 9.32. The molecule has 126 valence electrons. The van der Waals surface area contributed by atoms with Crippen LogP contribution in [0.25, 0.3) is 11.6 Å². The Morgan fingerprint density at radius 2 is 1.92 bits per heavy atom. The average Bonchev–Trinajstić information content (AvgIpc) is 2.60. The number of rotatable bonds is 6. The van der Waals surface area contributed by atoms with Crippen LogP contribution in [0, 0.1) is 23.7 Å². The van der Waals surface area contributed by atoms with Crippen LogP contribution in [0.1, 0.15) is 18.1 Å². The van der Waals surface area contributed by atoms with Crippen molar-refractivity contribution < 1.29 is 9.47 Å². The lowest BCUT2D eigenvalue weighted by Gasteiger charge is -2.13. The Morgan fingerprint density at radius 3 is 2.52 bits per heavy atom. The number of allylic oxidation sites excluding steroid dienone is 1. The third-order valence-corrected chi connectivity index (χ3v) is 4.34. The van der Waals surface area contributed by atoms with Gasteiger partial charge in [0.2, 0.25) is 0 Å². The van der Waals surface area contributed by atoms with Crippen LogP contribution in [-0.4, -0.2) is 13.2 Å². The first kappa shape index (κ1) is 19.1. The first-order chi connectivity index (χ1) is 12.1. The Kier molecular flexibility index (Phi) is 7.13. The molecule has 2 aromatic carbocycles. The Hall–Kier alpha value is -2.21. The molecule has 0 amide bonds. The number of terminal acetylenes is 1. The van der Waals surface area contributed by atoms with Gasteiger partial charge in [-0.1, -0.05) is 34.0 Å². The lowest BCUT2D eigenvalue weighted by molar-refractivity contribution is 0.298. The van der Waals surface area contributed by atoms with E-state index in [1.165, 1.54) is 0 Å². The number of hydrogen-bond donors (Lipinski definition) is 0. The van der Waals surface area contributed by atoms with Gasteiger partial charge >= 0.3 is 0 Å². The van der Waals surface area contributed by atoms with Crippen LogP contribution in [0.15, 0.2) is 45.3 Å². The summed E-state index contributed by atoms with van der Waals surface area (Å²) in [5, 5.41) is 9.50. The van der Waals surface area contributed by atoms with Crippen LogP contribution in [0.5, 0.6) is 11.5 Å². The van der Waals surface area contributed by atoms with Gasteiger partial charge in [0.25, 0.3) is 0 Å². The van der Waals surface area contributed by atoms with Gasteiger partial charge in [0, 0.05) is 4.47 Å². The summed E-state index contributed by atoms with van der Waals surface area (Å²) >= 11 is 6.88. The van der Waals surface area contributed by atoms with E-state index >= 15 is 0 Å². The van der Waals surface area contributed by atoms with Gasteiger partial charge in [-0.15, -0.1) is 6.42 Å². The van der Waals surface area contributed by atoms with Gasteiger partial charge in [-0.05, 0) is 64.3 Å². The molecule has 0 aliphatic heterocycles. The predicted octanol–water partition coefficient (Wildman–Crippen LogP) is 5.69.